The second kappa shape index (κ2) is 10.9. The van der Waals surface area contributed by atoms with E-state index in [2.05, 4.69) is 26.4 Å². The Labute approximate surface area is 163 Å². The van der Waals surface area contributed by atoms with E-state index in [0.717, 1.165) is 19.5 Å². The first kappa shape index (κ1) is 20.4. The van der Waals surface area contributed by atoms with Crippen molar-refractivity contribution in [3.63, 3.8) is 0 Å². The number of nitrogens with zero attached hydrogens (tertiary/aromatic N) is 1. The maximum atomic E-state index is 12.1. The highest BCUT2D eigenvalue weighted by Crippen LogP contribution is 2.20. The van der Waals surface area contributed by atoms with E-state index in [4.69, 9.17) is 23.8 Å². The van der Waals surface area contributed by atoms with Crippen molar-refractivity contribution in [2.24, 2.45) is 0 Å². The third-order valence-corrected chi connectivity index (χ3v) is 4.67. The van der Waals surface area contributed by atoms with Gasteiger partial charge in [-0.05, 0) is 69.3 Å². The molecule has 0 spiro atoms. The average Bonchev–Trinajstić information content (AvgIpc) is 2.64. The van der Waals surface area contributed by atoms with Gasteiger partial charge in [0, 0.05) is 12.2 Å². The Balaban J connectivity index is 1.66. The molecule has 7 nitrogen and oxygen atoms in total. The lowest BCUT2D eigenvalue weighted by molar-refractivity contribution is -0.105. The fourth-order valence-corrected chi connectivity index (χ4v) is 3.19. The van der Waals surface area contributed by atoms with Crippen LogP contribution in [-0.4, -0.2) is 48.5 Å². The lowest BCUT2D eigenvalue weighted by Crippen LogP contribution is -2.47. The molecule has 1 saturated heterocycles. The zero-order valence-electron chi connectivity index (χ0n) is 14.5. The third kappa shape index (κ3) is 6.78. The molecular formula is C17H24ClN5O2S. The standard InChI is InChI=1S/C17H24ClN5O2S/c18-15-11-13(20-12-24)5-6-14(15)16(25)21-22-17(26)19-7-4-10-23-8-2-1-3-9-23/h5-6,11-12H,1-4,7-10H2,(H,20,24)(H,21,25)(H2,19,22,26). The van der Waals surface area contributed by atoms with Crippen LogP contribution in [0.15, 0.2) is 18.2 Å². The number of amides is 2. The number of carbonyl (C=O) groups is 2. The first-order chi connectivity index (χ1) is 12.6. The summed E-state index contributed by atoms with van der Waals surface area (Å²) in [5.41, 5.74) is 5.96. The maximum Gasteiger partial charge on any atom is 0.271 e. The van der Waals surface area contributed by atoms with Crippen LogP contribution in [-0.2, 0) is 4.79 Å². The van der Waals surface area contributed by atoms with E-state index in [0.29, 0.717) is 17.2 Å². The minimum atomic E-state index is -0.412. The van der Waals surface area contributed by atoms with Gasteiger partial charge in [0.2, 0.25) is 6.41 Å². The van der Waals surface area contributed by atoms with Crippen LogP contribution in [0.5, 0.6) is 0 Å². The Hall–Kier alpha value is -1.90. The van der Waals surface area contributed by atoms with E-state index in [9.17, 15) is 9.59 Å². The normalized spacial score (nSPS) is 14.3. The van der Waals surface area contributed by atoms with Gasteiger partial charge >= 0.3 is 0 Å². The number of halogens is 1. The van der Waals surface area contributed by atoms with Gasteiger partial charge in [-0.3, -0.25) is 20.4 Å². The van der Waals surface area contributed by atoms with Gasteiger partial charge < -0.3 is 15.5 Å². The van der Waals surface area contributed by atoms with Gasteiger partial charge in [0.1, 0.15) is 0 Å². The molecule has 0 radical (unpaired) electrons. The van der Waals surface area contributed by atoms with Gasteiger partial charge in [0.25, 0.3) is 5.91 Å². The van der Waals surface area contributed by atoms with E-state index < -0.39 is 5.91 Å². The van der Waals surface area contributed by atoms with Crippen LogP contribution in [0.25, 0.3) is 0 Å². The van der Waals surface area contributed by atoms with E-state index >= 15 is 0 Å². The Kier molecular flexibility index (Phi) is 8.60. The molecule has 0 saturated carbocycles. The lowest BCUT2D eigenvalue weighted by Gasteiger charge is -2.26. The highest BCUT2D eigenvalue weighted by molar-refractivity contribution is 7.80. The number of thiocarbonyl (C=S) groups is 1. The summed E-state index contributed by atoms with van der Waals surface area (Å²) in [6.07, 6.45) is 5.44. The van der Waals surface area contributed by atoms with Crippen molar-refractivity contribution >= 4 is 46.9 Å². The van der Waals surface area contributed by atoms with Crippen LogP contribution in [0, 0.1) is 0 Å². The number of hydrazine groups is 1. The molecule has 1 aromatic carbocycles. The summed E-state index contributed by atoms with van der Waals surface area (Å²) in [4.78, 5) is 25.0. The summed E-state index contributed by atoms with van der Waals surface area (Å²) in [6, 6.07) is 4.62. The highest BCUT2D eigenvalue weighted by atomic mass is 35.5. The van der Waals surface area contributed by atoms with Crippen LogP contribution in [0.3, 0.4) is 0 Å². The van der Waals surface area contributed by atoms with Crippen LogP contribution in [0.2, 0.25) is 5.02 Å². The van der Waals surface area contributed by atoms with Crippen molar-refractivity contribution in [2.45, 2.75) is 25.7 Å². The summed E-state index contributed by atoms with van der Waals surface area (Å²) in [5.74, 6) is -0.412. The quantitative estimate of drug-likeness (QED) is 0.243. The largest absolute Gasteiger partial charge is 0.361 e. The van der Waals surface area contributed by atoms with Crippen molar-refractivity contribution in [2.75, 3.05) is 31.5 Å². The molecule has 26 heavy (non-hydrogen) atoms. The number of rotatable bonds is 7. The molecule has 142 valence electrons. The molecule has 2 rings (SSSR count). The van der Waals surface area contributed by atoms with Crippen molar-refractivity contribution in [3.8, 4) is 0 Å². The van der Waals surface area contributed by atoms with Crippen LogP contribution < -0.4 is 21.5 Å². The predicted molar refractivity (Wildman–Crippen MR) is 107 cm³/mol. The molecule has 1 fully saturated rings. The Morgan fingerprint density at radius 2 is 2.00 bits per heavy atom. The van der Waals surface area contributed by atoms with Gasteiger partial charge in [0.05, 0.1) is 10.6 Å². The molecule has 1 heterocycles. The monoisotopic (exact) mass is 397 g/mol. The molecular weight excluding hydrogens is 374 g/mol. The molecule has 1 aromatic rings. The van der Waals surface area contributed by atoms with Gasteiger partial charge in [-0.15, -0.1) is 0 Å². The third-order valence-electron chi connectivity index (χ3n) is 4.11. The molecule has 1 aliphatic heterocycles. The second-order valence-electron chi connectivity index (χ2n) is 6.05. The van der Waals surface area contributed by atoms with Crippen molar-refractivity contribution in [1.29, 1.82) is 0 Å². The minimum Gasteiger partial charge on any atom is -0.361 e. The zero-order valence-corrected chi connectivity index (χ0v) is 16.1. The molecule has 1 aliphatic rings. The lowest BCUT2D eigenvalue weighted by atomic mass is 10.1. The second-order valence-corrected chi connectivity index (χ2v) is 6.86. The predicted octanol–water partition coefficient (Wildman–Crippen LogP) is 1.89. The first-order valence-corrected chi connectivity index (χ1v) is 9.45. The average molecular weight is 398 g/mol. The summed E-state index contributed by atoms with van der Waals surface area (Å²) in [7, 11) is 0. The number of hydrogen-bond acceptors (Lipinski definition) is 4. The maximum absolute atomic E-state index is 12.1. The Morgan fingerprint density at radius 1 is 1.23 bits per heavy atom. The summed E-state index contributed by atoms with van der Waals surface area (Å²) >= 11 is 11.2. The molecule has 0 unspecified atom stereocenters. The molecule has 0 atom stereocenters. The molecule has 0 aliphatic carbocycles. The van der Waals surface area contributed by atoms with E-state index in [1.54, 1.807) is 6.07 Å². The first-order valence-electron chi connectivity index (χ1n) is 8.66. The molecule has 0 bridgehead atoms. The fourth-order valence-electron chi connectivity index (χ4n) is 2.77. The van der Waals surface area contributed by atoms with Crippen LogP contribution in [0.4, 0.5) is 5.69 Å². The van der Waals surface area contributed by atoms with E-state index in [1.807, 2.05) is 0 Å². The SMILES string of the molecule is O=CNc1ccc(C(=O)NNC(=S)NCCCN2CCCCC2)c(Cl)c1. The molecule has 9 heteroatoms. The number of anilines is 1. The smallest absolute Gasteiger partial charge is 0.271 e. The van der Waals surface area contributed by atoms with Crippen LogP contribution in [0.1, 0.15) is 36.0 Å². The summed E-state index contributed by atoms with van der Waals surface area (Å²) < 4.78 is 0. The Morgan fingerprint density at radius 3 is 2.69 bits per heavy atom. The van der Waals surface area contributed by atoms with Crippen molar-refractivity contribution in [1.82, 2.24) is 21.1 Å². The highest BCUT2D eigenvalue weighted by Gasteiger charge is 2.11. The van der Waals surface area contributed by atoms with Gasteiger partial charge in [-0.1, -0.05) is 18.0 Å². The van der Waals surface area contributed by atoms with Crippen molar-refractivity contribution in [3.05, 3.63) is 28.8 Å². The number of benzene rings is 1. The summed E-state index contributed by atoms with van der Waals surface area (Å²) in [5, 5.41) is 6.12. The fraction of sp³-hybridized carbons (Fsp3) is 0.471. The Bertz CT molecular complexity index is 638. The number of carbonyl (C=O) groups excluding carboxylic acids is 2. The number of hydrogen-bond donors (Lipinski definition) is 4. The number of piperidine rings is 1. The van der Waals surface area contributed by atoms with Crippen molar-refractivity contribution < 1.29 is 9.59 Å². The van der Waals surface area contributed by atoms with E-state index in [-0.39, 0.29) is 10.6 Å². The van der Waals surface area contributed by atoms with Crippen LogP contribution >= 0.6 is 23.8 Å². The minimum absolute atomic E-state index is 0.233. The topological polar surface area (TPSA) is 85.5 Å². The van der Waals surface area contributed by atoms with Gasteiger partial charge in [0.15, 0.2) is 5.11 Å². The van der Waals surface area contributed by atoms with Gasteiger partial charge in [-0.25, -0.2) is 0 Å². The zero-order chi connectivity index (χ0) is 18.8. The van der Waals surface area contributed by atoms with Gasteiger partial charge in [-0.2, -0.15) is 0 Å². The summed E-state index contributed by atoms with van der Waals surface area (Å²) in [6.45, 7) is 4.16. The molecule has 4 N–H and O–H groups in total. The number of likely N-dealkylation sites (tertiary alicyclic amines) is 1. The van der Waals surface area contributed by atoms with E-state index in [1.165, 1.54) is 44.5 Å². The number of nitrogens with one attached hydrogen (secondary N) is 4. The molecule has 2 amide bonds. The molecule has 0 aromatic heterocycles.